The highest BCUT2D eigenvalue weighted by Crippen LogP contribution is 2.29. The topological polar surface area (TPSA) is 38.9 Å². The van der Waals surface area contributed by atoms with Gasteiger partial charge in [-0.15, -0.1) is 0 Å². The van der Waals surface area contributed by atoms with Gasteiger partial charge in [-0.3, -0.25) is 0 Å². The molecule has 0 saturated heterocycles. The molecule has 0 saturated carbocycles. The first-order valence-corrected chi connectivity index (χ1v) is 5.45. The van der Waals surface area contributed by atoms with E-state index in [0.29, 0.717) is 25.3 Å². The summed E-state index contributed by atoms with van der Waals surface area (Å²) in [5, 5.41) is 4.78. The summed E-state index contributed by atoms with van der Waals surface area (Å²) in [7, 11) is 0. The molecule has 2 rings (SSSR count). The zero-order chi connectivity index (χ0) is 10.1. The Bertz CT molecular complexity index is 472. The van der Waals surface area contributed by atoms with Crippen LogP contribution in [0.1, 0.15) is 0 Å². The van der Waals surface area contributed by atoms with Gasteiger partial charge in [0, 0.05) is 27.6 Å². The number of aromatic nitrogens is 2. The van der Waals surface area contributed by atoms with Crippen LogP contribution in [0.5, 0.6) is 0 Å². The van der Waals surface area contributed by atoms with Crippen molar-refractivity contribution in [1.82, 2.24) is 10.1 Å². The van der Waals surface area contributed by atoms with Gasteiger partial charge in [0.15, 0.2) is 0 Å². The van der Waals surface area contributed by atoms with Crippen LogP contribution in [0.2, 0.25) is 10.0 Å². The predicted molar refractivity (Wildman–Crippen MR) is 62.5 cm³/mol. The molecule has 0 aliphatic rings. The maximum atomic E-state index is 5.95. The normalized spacial score (nSPS) is 10.5. The molecule has 1 aromatic carbocycles. The summed E-state index contributed by atoms with van der Waals surface area (Å²) in [6.45, 7) is 0. The molecule has 0 aliphatic heterocycles. The quantitative estimate of drug-likeness (QED) is 0.744. The van der Waals surface area contributed by atoms with Crippen LogP contribution in [0.3, 0.4) is 0 Å². The summed E-state index contributed by atoms with van der Waals surface area (Å²) in [6.07, 6.45) is 0. The van der Waals surface area contributed by atoms with E-state index < -0.39 is 0 Å². The van der Waals surface area contributed by atoms with Gasteiger partial charge in [0.25, 0.3) is 5.89 Å². The van der Waals surface area contributed by atoms with Crippen LogP contribution >= 0.6 is 45.8 Å². The van der Waals surface area contributed by atoms with E-state index in [4.69, 9.17) is 27.7 Å². The first-order chi connectivity index (χ1) is 6.66. The Morgan fingerprint density at radius 1 is 1.29 bits per heavy atom. The minimum absolute atomic E-state index is 0.377. The van der Waals surface area contributed by atoms with Crippen LogP contribution in [-0.2, 0) is 0 Å². The van der Waals surface area contributed by atoms with Crippen LogP contribution in [-0.4, -0.2) is 10.1 Å². The van der Waals surface area contributed by atoms with E-state index in [2.05, 4.69) is 10.1 Å². The summed E-state index contributed by atoms with van der Waals surface area (Å²) in [4.78, 5) is 4.05. The molecule has 6 heteroatoms. The minimum Gasteiger partial charge on any atom is -0.333 e. The minimum atomic E-state index is 0.377. The highest BCUT2D eigenvalue weighted by atomic mass is 127. The number of hydrogen-bond donors (Lipinski definition) is 0. The third-order valence-corrected chi connectivity index (χ3v) is 2.56. The molecule has 0 unspecified atom stereocenters. The molecule has 0 radical (unpaired) electrons. The van der Waals surface area contributed by atoms with Gasteiger partial charge in [0.2, 0.25) is 3.83 Å². The van der Waals surface area contributed by atoms with Crippen molar-refractivity contribution in [3.05, 3.63) is 32.1 Å². The second kappa shape index (κ2) is 4.04. The third-order valence-electron chi connectivity index (χ3n) is 1.56. The van der Waals surface area contributed by atoms with E-state index in [1.54, 1.807) is 18.2 Å². The van der Waals surface area contributed by atoms with Crippen molar-refractivity contribution in [2.45, 2.75) is 0 Å². The monoisotopic (exact) mass is 340 g/mol. The summed E-state index contributed by atoms with van der Waals surface area (Å²) < 4.78 is 5.51. The van der Waals surface area contributed by atoms with E-state index in [0.717, 1.165) is 0 Å². The van der Waals surface area contributed by atoms with Gasteiger partial charge < -0.3 is 4.52 Å². The third kappa shape index (κ3) is 2.02. The van der Waals surface area contributed by atoms with E-state index >= 15 is 0 Å². The van der Waals surface area contributed by atoms with Crippen LogP contribution in [0.25, 0.3) is 11.5 Å². The average molecular weight is 341 g/mol. The lowest BCUT2D eigenvalue weighted by Crippen LogP contribution is -1.80. The molecule has 0 aliphatic carbocycles. The molecular weight excluding hydrogens is 338 g/mol. The molecule has 0 N–H and O–H groups in total. The van der Waals surface area contributed by atoms with Gasteiger partial charge in [-0.05, 0) is 18.2 Å². The molecule has 1 heterocycles. The van der Waals surface area contributed by atoms with Crippen molar-refractivity contribution in [2.24, 2.45) is 0 Å². The molecule has 3 nitrogen and oxygen atoms in total. The Balaban J connectivity index is 2.55. The van der Waals surface area contributed by atoms with Crippen molar-refractivity contribution >= 4 is 45.8 Å². The summed E-state index contributed by atoms with van der Waals surface area (Å²) in [5.74, 6) is 0.377. The van der Waals surface area contributed by atoms with Crippen molar-refractivity contribution in [2.75, 3.05) is 0 Å². The van der Waals surface area contributed by atoms with E-state index in [1.165, 1.54) is 0 Å². The Morgan fingerprint density at radius 3 is 2.71 bits per heavy atom. The second-order valence-electron chi connectivity index (χ2n) is 2.49. The summed E-state index contributed by atoms with van der Waals surface area (Å²) >= 11 is 13.7. The highest BCUT2D eigenvalue weighted by molar-refractivity contribution is 14.1. The fourth-order valence-electron chi connectivity index (χ4n) is 0.976. The Labute approximate surface area is 104 Å². The lowest BCUT2D eigenvalue weighted by Gasteiger charge is -1.98. The Hall–Kier alpha value is -0.330. The van der Waals surface area contributed by atoms with E-state index in [9.17, 15) is 0 Å². The molecule has 0 amide bonds. The number of nitrogens with zero attached hydrogens (tertiary/aromatic N) is 2. The maximum absolute atomic E-state index is 5.95. The van der Waals surface area contributed by atoms with Gasteiger partial charge >= 0.3 is 0 Å². The second-order valence-corrected chi connectivity index (χ2v) is 4.30. The fraction of sp³-hybridized carbons (Fsp3) is 0. The fourth-order valence-corrected chi connectivity index (χ4v) is 1.66. The van der Waals surface area contributed by atoms with E-state index in [-0.39, 0.29) is 0 Å². The van der Waals surface area contributed by atoms with E-state index in [1.807, 2.05) is 22.6 Å². The Morgan fingerprint density at radius 2 is 2.07 bits per heavy atom. The highest BCUT2D eigenvalue weighted by Gasteiger charge is 2.11. The van der Waals surface area contributed by atoms with Crippen molar-refractivity contribution in [3.63, 3.8) is 0 Å². The molecule has 14 heavy (non-hydrogen) atoms. The Kier molecular flexibility index (Phi) is 2.94. The molecule has 0 fully saturated rings. The van der Waals surface area contributed by atoms with Gasteiger partial charge in [0.05, 0.1) is 10.6 Å². The number of halogens is 3. The standard InChI is InChI=1S/C8H3Cl2IN2O/c9-4-1-2-6(10)5(3-4)7-12-8(11)13-14-7/h1-3H. The van der Waals surface area contributed by atoms with Crippen LogP contribution in [0.4, 0.5) is 0 Å². The molecule has 0 bridgehead atoms. The SMILES string of the molecule is Clc1ccc(Cl)c(-c2nc(I)no2)c1. The number of hydrogen-bond acceptors (Lipinski definition) is 3. The zero-order valence-corrected chi connectivity index (χ0v) is 10.3. The van der Waals surface area contributed by atoms with Crippen molar-refractivity contribution in [1.29, 1.82) is 0 Å². The zero-order valence-electron chi connectivity index (χ0n) is 6.67. The van der Waals surface area contributed by atoms with Crippen molar-refractivity contribution in [3.8, 4) is 11.5 Å². The molecule has 0 atom stereocenters. The average Bonchev–Trinajstić information content (AvgIpc) is 2.56. The van der Waals surface area contributed by atoms with Crippen molar-refractivity contribution < 1.29 is 4.52 Å². The molecule has 72 valence electrons. The lowest BCUT2D eigenvalue weighted by atomic mass is 10.2. The van der Waals surface area contributed by atoms with Gasteiger partial charge in [-0.1, -0.05) is 28.4 Å². The first-order valence-electron chi connectivity index (χ1n) is 3.61. The van der Waals surface area contributed by atoms with Crippen LogP contribution in [0, 0.1) is 3.83 Å². The molecular formula is C8H3Cl2IN2O. The summed E-state index contributed by atoms with van der Waals surface area (Å²) in [6, 6.07) is 5.08. The maximum Gasteiger partial charge on any atom is 0.260 e. The predicted octanol–water partition coefficient (Wildman–Crippen LogP) is 3.65. The van der Waals surface area contributed by atoms with Gasteiger partial charge in [0.1, 0.15) is 0 Å². The van der Waals surface area contributed by atoms with Gasteiger partial charge in [-0.25, -0.2) is 0 Å². The van der Waals surface area contributed by atoms with Gasteiger partial charge in [-0.2, -0.15) is 4.98 Å². The smallest absolute Gasteiger partial charge is 0.260 e. The number of benzene rings is 1. The molecule has 0 spiro atoms. The summed E-state index contributed by atoms with van der Waals surface area (Å²) in [5.41, 5.74) is 0.648. The first kappa shape index (κ1) is 10.2. The lowest BCUT2D eigenvalue weighted by molar-refractivity contribution is 0.426. The van der Waals surface area contributed by atoms with Crippen LogP contribution < -0.4 is 0 Å². The largest absolute Gasteiger partial charge is 0.333 e. The van der Waals surface area contributed by atoms with Crippen LogP contribution in [0.15, 0.2) is 22.7 Å². The number of rotatable bonds is 1. The molecule has 2 aromatic rings. The molecule has 1 aromatic heterocycles.